The minimum atomic E-state index is -0.341. The van der Waals surface area contributed by atoms with Crippen molar-refractivity contribution in [3.8, 4) is 0 Å². The first-order chi connectivity index (χ1) is 15.0. The molecule has 1 N–H and O–H groups in total. The predicted molar refractivity (Wildman–Crippen MR) is 127 cm³/mol. The fourth-order valence-electron chi connectivity index (χ4n) is 4.08. The molecule has 3 aromatic carbocycles. The van der Waals surface area contributed by atoms with E-state index in [0.29, 0.717) is 17.0 Å². The van der Waals surface area contributed by atoms with Crippen LogP contribution in [-0.4, -0.2) is 11.8 Å². The number of rotatable bonds is 4. The van der Waals surface area contributed by atoms with Crippen LogP contribution in [-0.2, 0) is 9.59 Å². The molecule has 2 amide bonds. The summed E-state index contributed by atoms with van der Waals surface area (Å²) in [6.45, 7) is 3.93. The van der Waals surface area contributed by atoms with Crippen LogP contribution >= 0.6 is 11.3 Å². The number of hydrogen-bond acceptors (Lipinski definition) is 4. The molecule has 1 aliphatic heterocycles. The van der Waals surface area contributed by atoms with Crippen LogP contribution in [0.15, 0.2) is 83.9 Å². The zero-order chi connectivity index (χ0) is 21.5. The maximum absolute atomic E-state index is 13.6. The van der Waals surface area contributed by atoms with E-state index in [-0.39, 0.29) is 11.8 Å². The van der Waals surface area contributed by atoms with Crippen LogP contribution in [0.4, 0.5) is 11.4 Å². The fourth-order valence-corrected chi connectivity index (χ4v) is 4.85. The summed E-state index contributed by atoms with van der Waals surface area (Å²) in [6, 6.07) is 23.4. The fraction of sp³-hybridized carbons (Fsp3) is 0.0769. The number of anilines is 2. The van der Waals surface area contributed by atoms with Crippen molar-refractivity contribution in [1.29, 1.82) is 0 Å². The topological polar surface area (TPSA) is 49.4 Å². The first-order valence-corrected chi connectivity index (χ1v) is 10.9. The lowest BCUT2D eigenvalue weighted by Gasteiger charge is -2.17. The summed E-state index contributed by atoms with van der Waals surface area (Å²) in [5.41, 5.74) is 4.12. The molecule has 0 radical (unpaired) electrons. The van der Waals surface area contributed by atoms with Crippen LogP contribution in [0, 0.1) is 13.8 Å². The standard InChI is InChI=1S/C26H20N2O2S/c1-16-13-17(2)15-19(14-16)28-25(29)23(22-11-6-12-31-22)24(26(28)30)27-21-10-5-8-18-7-3-4-9-20(18)21/h3-15,27H,1-2H3. The predicted octanol–water partition coefficient (Wildman–Crippen LogP) is 5.91. The molecule has 1 aromatic heterocycles. The van der Waals surface area contributed by atoms with Crippen molar-refractivity contribution >= 4 is 50.9 Å². The van der Waals surface area contributed by atoms with Crippen molar-refractivity contribution in [2.75, 3.05) is 10.2 Å². The van der Waals surface area contributed by atoms with Crippen LogP contribution in [0.5, 0.6) is 0 Å². The normalized spacial score (nSPS) is 14.1. The third-order valence-corrected chi connectivity index (χ3v) is 6.25. The molecule has 4 aromatic rings. The number of benzene rings is 3. The zero-order valence-electron chi connectivity index (χ0n) is 17.2. The maximum atomic E-state index is 13.6. The van der Waals surface area contributed by atoms with E-state index in [9.17, 15) is 9.59 Å². The Morgan fingerprint density at radius 3 is 2.29 bits per heavy atom. The highest BCUT2D eigenvalue weighted by Crippen LogP contribution is 2.37. The number of carbonyl (C=O) groups is 2. The minimum Gasteiger partial charge on any atom is -0.350 e. The second kappa shape index (κ2) is 7.52. The van der Waals surface area contributed by atoms with E-state index in [2.05, 4.69) is 5.32 Å². The summed E-state index contributed by atoms with van der Waals surface area (Å²) in [5.74, 6) is -0.647. The van der Waals surface area contributed by atoms with Crippen molar-refractivity contribution in [2.24, 2.45) is 0 Å². The Bertz CT molecular complexity index is 1340. The van der Waals surface area contributed by atoms with Gasteiger partial charge in [0.1, 0.15) is 5.70 Å². The van der Waals surface area contributed by atoms with Gasteiger partial charge in [-0.3, -0.25) is 9.59 Å². The number of aryl methyl sites for hydroxylation is 2. The largest absolute Gasteiger partial charge is 0.350 e. The quantitative estimate of drug-likeness (QED) is 0.414. The molecular weight excluding hydrogens is 404 g/mol. The van der Waals surface area contributed by atoms with Gasteiger partial charge in [0.25, 0.3) is 11.8 Å². The first kappa shape index (κ1) is 19.3. The summed E-state index contributed by atoms with van der Waals surface area (Å²) in [5, 5.41) is 7.27. The van der Waals surface area contributed by atoms with Gasteiger partial charge in [-0.25, -0.2) is 4.90 Å². The minimum absolute atomic E-state index is 0.305. The molecule has 4 nitrogen and oxygen atoms in total. The van der Waals surface area contributed by atoms with Gasteiger partial charge in [0.15, 0.2) is 0 Å². The highest BCUT2D eigenvalue weighted by Gasteiger charge is 2.41. The average Bonchev–Trinajstić information content (AvgIpc) is 3.34. The molecule has 0 saturated heterocycles. The monoisotopic (exact) mass is 424 g/mol. The highest BCUT2D eigenvalue weighted by molar-refractivity contribution is 7.11. The zero-order valence-corrected chi connectivity index (χ0v) is 18.0. The van der Waals surface area contributed by atoms with Gasteiger partial charge in [-0.2, -0.15) is 0 Å². The molecule has 0 fully saturated rings. The highest BCUT2D eigenvalue weighted by atomic mass is 32.1. The number of carbonyl (C=O) groups excluding carboxylic acids is 2. The SMILES string of the molecule is Cc1cc(C)cc(N2C(=O)C(Nc3cccc4ccccc34)=C(c3cccs3)C2=O)c1. The van der Waals surface area contributed by atoms with Crippen LogP contribution in [0.1, 0.15) is 16.0 Å². The first-order valence-electron chi connectivity index (χ1n) is 10.0. The van der Waals surface area contributed by atoms with Crippen molar-refractivity contribution in [1.82, 2.24) is 0 Å². The Kier molecular flexibility index (Phi) is 4.68. The van der Waals surface area contributed by atoms with E-state index in [4.69, 9.17) is 0 Å². The van der Waals surface area contributed by atoms with Crippen LogP contribution < -0.4 is 10.2 Å². The van der Waals surface area contributed by atoms with E-state index < -0.39 is 0 Å². The van der Waals surface area contributed by atoms with Gasteiger partial charge in [-0.05, 0) is 60.0 Å². The summed E-state index contributed by atoms with van der Waals surface area (Å²) >= 11 is 1.45. The Balaban J connectivity index is 1.65. The van der Waals surface area contributed by atoms with E-state index in [1.165, 1.54) is 16.2 Å². The number of fused-ring (bicyclic) bond motifs is 1. The molecule has 0 aliphatic carbocycles. The van der Waals surface area contributed by atoms with Crippen LogP contribution in [0.25, 0.3) is 16.3 Å². The van der Waals surface area contributed by atoms with Gasteiger partial charge >= 0.3 is 0 Å². The number of thiophene rings is 1. The van der Waals surface area contributed by atoms with Crippen LogP contribution in [0.2, 0.25) is 0 Å². The molecule has 0 saturated carbocycles. The van der Waals surface area contributed by atoms with E-state index >= 15 is 0 Å². The molecule has 0 bridgehead atoms. The van der Waals surface area contributed by atoms with Gasteiger partial charge in [0, 0.05) is 16.0 Å². The van der Waals surface area contributed by atoms with Crippen molar-refractivity contribution in [3.05, 3.63) is 99.9 Å². The number of nitrogens with one attached hydrogen (secondary N) is 1. The number of hydrogen-bond donors (Lipinski definition) is 1. The number of amides is 2. The molecular formula is C26H20N2O2S. The van der Waals surface area contributed by atoms with E-state index in [1.54, 1.807) is 0 Å². The van der Waals surface area contributed by atoms with E-state index in [1.807, 2.05) is 92.0 Å². The maximum Gasteiger partial charge on any atom is 0.282 e. The van der Waals surface area contributed by atoms with Gasteiger partial charge < -0.3 is 5.32 Å². The molecule has 31 heavy (non-hydrogen) atoms. The Morgan fingerprint density at radius 1 is 0.806 bits per heavy atom. The molecule has 0 spiro atoms. The Hall–Kier alpha value is -3.70. The number of nitrogens with zero attached hydrogens (tertiary/aromatic N) is 1. The third-order valence-electron chi connectivity index (χ3n) is 5.37. The molecule has 1 aliphatic rings. The molecule has 0 atom stereocenters. The molecule has 152 valence electrons. The Morgan fingerprint density at radius 2 is 1.55 bits per heavy atom. The number of imide groups is 1. The molecule has 5 heteroatoms. The second-order valence-electron chi connectivity index (χ2n) is 7.67. The molecule has 5 rings (SSSR count). The van der Waals surface area contributed by atoms with Gasteiger partial charge in [-0.15, -0.1) is 11.3 Å². The second-order valence-corrected chi connectivity index (χ2v) is 8.62. The van der Waals surface area contributed by atoms with Crippen molar-refractivity contribution in [2.45, 2.75) is 13.8 Å². The van der Waals surface area contributed by atoms with Crippen molar-refractivity contribution in [3.63, 3.8) is 0 Å². The Labute approximate surface area is 184 Å². The third kappa shape index (κ3) is 3.33. The molecule has 2 heterocycles. The van der Waals surface area contributed by atoms with Crippen LogP contribution in [0.3, 0.4) is 0 Å². The van der Waals surface area contributed by atoms with Gasteiger partial charge in [-0.1, -0.05) is 48.5 Å². The summed E-state index contributed by atoms with van der Waals surface area (Å²) in [4.78, 5) is 29.1. The van der Waals surface area contributed by atoms with Crippen molar-refractivity contribution < 1.29 is 9.59 Å². The van der Waals surface area contributed by atoms with E-state index in [0.717, 1.165) is 32.5 Å². The smallest absolute Gasteiger partial charge is 0.282 e. The molecule has 0 unspecified atom stereocenters. The summed E-state index contributed by atoms with van der Waals surface area (Å²) in [6.07, 6.45) is 0. The summed E-state index contributed by atoms with van der Waals surface area (Å²) in [7, 11) is 0. The summed E-state index contributed by atoms with van der Waals surface area (Å²) < 4.78 is 0. The van der Waals surface area contributed by atoms with Gasteiger partial charge in [0.2, 0.25) is 0 Å². The average molecular weight is 425 g/mol. The lowest BCUT2D eigenvalue weighted by atomic mass is 10.1. The van der Waals surface area contributed by atoms with Gasteiger partial charge in [0.05, 0.1) is 11.3 Å². The lowest BCUT2D eigenvalue weighted by molar-refractivity contribution is -0.120. The lowest BCUT2D eigenvalue weighted by Crippen LogP contribution is -2.32.